The fraction of sp³-hybridized carbons (Fsp3) is 0.100. The molecule has 1 aromatic carbocycles. The molecule has 1 aliphatic carbocycles. The number of allylic oxidation sites excluding steroid dienone is 1. The lowest BCUT2D eigenvalue weighted by Gasteiger charge is -2.32. The van der Waals surface area contributed by atoms with E-state index in [2.05, 4.69) is 74.5 Å². The fourth-order valence-electron chi connectivity index (χ4n) is 3.57. The number of nitrogens with one attached hydrogen (secondary N) is 1. The van der Waals surface area contributed by atoms with E-state index in [1.165, 1.54) is 27.3 Å². The highest BCUT2D eigenvalue weighted by Crippen LogP contribution is 2.44. The van der Waals surface area contributed by atoms with Crippen LogP contribution in [0.1, 0.15) is 21.7 Å². The molecule has 0 spiro atoms. The molecule has 3 aromatic heterocycles. The molecular formula is C20H15N3S2. The molecule has 1 atom stereocenters. The van der Waals surface area contributed by atoms with Crippen LogP contribution < -0.4 is 0 Å². The largest absolute Gasteiger partial charge is 0.281 e. The maximum absolute atomic E-state index is 4.60. The van der Waals surface area contributed by atoms with Gasteiger partial charge in [-0.3, -0.25) is 10.1 Å². The van der Waals surface area contributed by atoms with E-state index in [4.69, 9.17) is 0 Å². The molecule has 25 heavy (non-hydrogen) atoms. The molecule has 1 N–H and O–H groups in total. The van der Waals surface area contributed by atoms with E-state index in [-0.39, 0.29) is 5.41 Å². The summed E-state index contributed by atoms with van der Waals surface area (Å²) < 4.78 is 0. The number of rotatable bonds is 3. The van der Waals surface area contributed by atoms with E-state index < -0.39 is 0 Å². The van der Waals surface area contributed by atoms with Crippen molar-refractivity contribution in [2.24, 2.45) is 0 Å². The van der Waals surface area contributed by atoms with Gasteiger partial charge < -0.3 is 0 Å². The Bertz CT molecular complexity index is 1010. The smallest absolute Gasteiger partial charge is 0.100 e. The van der Waals surface area contributed by atoms with Crippen molar-refractivity contribution < 1.29 is 0 Å². The van der Waals surface area contributed by atoms with Gasteiger partial charge in [-0.1, -0.05) is 42.5 Å². The molecule has 0 saturated heterocycles. The highest BCUT2D eigenvalue weighted by molar-refractivity contribution is 7.09. The molecule has 0 fully saturated rings. The predicted molar refractivity (Wildman–Crippen MR) is 104 cm³/mol. The number of hydrogen-bond donors (Lipinski definition) is 1. The second kappa shape index (κ2) is 5.79. The highest BCUT2D eigenvalue weighted by Gasteiger charge is 2.37. The second-order valence-corrected chi connectivity index (χ2v) is 7.86. The standard InChI is InChI=1S/C20H15N3S2/c1-2-4-15(5-3-1)20(18-11-21-13-25-18)8-6-16-17(10-20)22-23-19(16)14-7-9-24-12-14/h1-9,11-13H,10H2,(H,22,23). The van der Waals surface area contributed by atoms with Crippen molar-refractivity contribution in [3.8, 4) is 11.3 Å². The van der Waals surface area contributed by atoms with Gasteiger partial charge in [-0.15, -0.1) is 11.3 Å². The number of thiazole rings is 1. The van der Waals surface area contributed by atoms with Crippen LogP contribution in [0.3, 0.4) is 0 Å². The minimum atomic E-state index is -0.187. The summed E-state index contributed by atoms with van der Waals surface area (Å²) in [5.74, 6) is 0. The third-order valence-electron chi connectivity index (χ3n) is 4.83. The van der Waals surface area contributed by atoms with Crippen LogP contribution in [0.5, 0.6) is 0 Å². The summed E-state index contributed by atoms with van der Waals surface area (Å²) in [5.41, 5.74) is 7.61. The van der Waals surface area contributed by atoms with Crippen molar-refractivity contribution in [3.05, 3.63) is 86.6 Å². The Hall–Kier alpha value is -2.50. The van der Waals surface area contributed by atoms with E-state index in [1.807, 2.05) is 11.7 Å². The van der Waals surface area contributed by atoms with E-state index in [1.54, 1.807) is 22.7 Å². The van der Waals surface area contributed by atoms with Crippen LogP contribution in [-0.4, -0.2) is 15.2 Å². The average Bonchev–Trinajstić information content (AvgIpc) is 3.42. The quantitative estimate of drug-likeness (QED) is 0.548. The third kappa shape index (κ3) is 2.31. The summed E-state index contributed by atoms with van der Waals surface area (Å²) in [7, 11) is 0. The lowest BCUT2D eigenvalue weighted by atomic mass is 9.72. The van der Waals surface area contributed by atoms with Gasteiger partial charge in [0.05, 0.1) is 10.9 Å². The van der Waals surface area contributed by atoms with Gasteiger partial charge in [-0.2, -0.15) is 16.4 Å². The molecule has 5 rings (SSSR count). The van der Waals surface area contributed by atoms with Crippen molar-refractivity contribution in [2.45, 2.75) is 11.8 Å². The number of nitrogens with zero attached hydrogens (tertiary/aromatic N) is 2. The molecule has 5 heteroatoms. The molecule has 3 nitrogen and oxygen atoms in total. The van der Waals surface area contributed by atoms with Crippen molar-refractivity contribution >= 4 is 28.7 Å². The Morgan fingerprint density at radius 1 is 1.12 bits per heavy atom. The molecule has 0 amide bonds. The van der Waals surface area contributed by atoms with Gasteiger partial charge in [0.15, 0.2) is 0 Å². The van der Waals surface area contributed by atoms with E-state index in [0.29, 0.717) is 0 Å². The molecule has 1 unspecified atom stereocenters. The van der Waals surface area contributed by atoms with Gasteiger partial charge in [0, 0.05) is 39.7 Å². The Labute approximate surface area is 153 Å². The summed E-state index contributed by atoms with van der Waals surface area (Å²) in [6.45, 7) is 0. The van der Waals surface area contributed by atoms with Gasteiger partial charge >= 0.3 is 0 Å². The van der Waals surface area contributed by atoms with Crippen LogP contribution in [0.2, 0.25) is 0 Å². The number of aromatic amines is 1. The summed E-state index contributed by atoms with van der Waals surface area (Å²) in [6.07, 6.45) is 7.40. The minimum absolute atomic E-state index is 0.187. The molecular weight excluding hydrogens is 346 g/mol. The van der Waals surface area contributed by atoms with Crippen LogP contribution >= 0.6 is 22.7 Å². The normalized spacial score (nSPS) is 19.0. The Morgan fingerprint density at radius 3 is 2.80 bits per heavy atom. The van der Waals surface area contributed by atoms with Gasteiger partial charge in [-0.25, -0.2) is 0 Å². The fourth-order valence-corrected chi connectivity index (χ4v) is 5.03. The Balaban J connectivity index is 1.66. The van der Waals surface area contributed by atoms with Crippen LogP contribution in [0, 0.1) is 0 Å². The average molecular weight is 361 g/mol. The van der Waals surface area contributed by atoms with Crippen molar-refractivity contribution in [3.63, 3.8) is 0 Å². The van der Waals surface area contributed by atoms with E-state index >= 15 is 0 Å². The molecule has 122 valence electrons. The zero-order chi connectivity index (χ0) is 16.7. The first-order valence-electron chi connectivity index (χ1n) is 8.10. The lowest BCUT2D eigenvalue weighted by Crippen LogP contribution is -2.29. The van der Waals surface area contributed by atoms with Gasteiger partial charge in [-0.05, 0) is 17.0 Å². The summed E-state index contributed by atoms with van der Waals surface area (Å²) >= 11 is 3.41. The predicted octanol–water partition coefficient (Wildman–Crippen LogP) is 5.15. The number of fused-ring (bicyclic) bond motifs is 1. The first kappa shape index (κ1) is 14.8. The van der Waals surface area contributed by atoms with E-state index in [9.17, 15) is 0 Å². The number of benzene rings is 1. The van der Waals surface area contributed by atoms with Crippen molar-refractivity contribution in [1.82, 2.24) is 15.2 Å². The number of thiophene rings is 1. The first-order chi connectivity index (χ1) is 12.4. The number of hydrogen-bond acceptors (Lipinski definition) is 4. The zero-order valence-electron chi connectivity index (χ0n) is 13.3. The zero-order valence-corrected chi connectivity index (χ0v) is 15.0. The topological polar surface area (TPSA) is 41.6 Å². The minimum Gasteiger partial charge on any atom is -0.281 e. The monoisotopic (exact) mass is 361 g/mol. The Morgan fingerprint density at radius 2 is 2.04 bits per heavy atom. The SMILES string of the molecule is C1=CC(c2ccccc2)(c2cncs2)Cc2[nH]nc(-c3ccsc3)c21. The van der Waals surface area contributed by atoms with E-state index in [0.717, 1.165) is 12.1 Å². The molecule has 0 radical (unpaired) electrons. The van der Waals surface area contributed by atoms with Crippen LogP contribution in [-0.2, 0) is 11.8 Å². The molecule has 0 saturated carbocycles. The maximum Gasteiger partial charge on any atom is 0.100 e. The highest BCUT2D eigenvalue weighted by atomic mass is 32.1. The molecule has 0 aliphatic heterocycles. The van der Waals surface area contributed by atoms with Crippen LogP contribution in [0.15, 0.2) is 64.9 Å². The summed E-state index contributed by atoms with van der Waals surface area (Å²) in [6, 6.07) is 12.8. The van der Waals surface area contributed by atoms with Crippen LogP contribution in [0.25, 0.3) is 17.3 Å². The van der Waals surface area contributed by atoms with Crippen molar-refractivity contribution in [2.75, 3.05) is 0 Å². The molecule has 3 heterocycles. The summed E-state index contributed by atoms with van der Waals surface area (Å²) in [4.78, 5) is 5.59. The number of H-pyrrole nitrogens is 1. The maximum atomic E-state index is 4.60. The second-order valence-electron chi connectivity index (χ2n) is 6.19. The number of aromatic nitrogens is 3. The van der Waals surface area contributed by atoms with Crippen LogP contribution in [0.4, 0.5) is 0 Å². The van der Waals surface area contributed by atoms with Gasteiger partial charge in [0.25, 0.3) is 0 Å². The van der Waals surface area contributed by atoms with Crippen molar-refractivity contribution in [1.29, 1.82) is 0 Å². The lowest BCUT2D eigenvalue weighted by molar-refractivity contribution is 0.631. The molecule has 0 bridgehead atoms. The third-order valence-corrected chi connectivity index (χ3v) is 6.46. The van der Waals surface area contributed by atoms with Gasteiger partial charge in [0.1, 0.15) is 5.69 Å². The Kier molecular flexibility index (Phi) is 3.43. The summed E-state index contributed by atoms with van der Waals surface area (Å²) in [5, 5.41) is 12.1. The first-order valence-corrected chi connectivity index (χ1v) is 9.93. The van der Waals surface area contributed by atoms with Gasteiger partial charge in [0.2, 0.25) is 0 Å². The molecule has 4 aromatic rings. The molecule has 1 aliphatic rings.